The van der Waals surface area contributed by atoms with Gasteiger partial charge >= 0.3 is 13.3 Å². The van der Waals surface area contributed by atoms with E-state index in [9.17, 15) is 13.2 Å². The molecular formula is C18H26BF3O2Si. The topological polar surface area (TPSA) is 18.5 Å². The van der Waals surface area contributed by atoms with E-state index in [1.165, 1.54) is 12.1 Å². The first-order valence-electron chi connectivity index (χ1n) is 8.40. The molecule has 0 saturated carbocycles. The van der Waals surface area contributed by atoms with Crippen LogP contribution >= 0.6 is 0 Å². The molecule has 2 nitrogen and oxygen atoms in total. The average molecular weight is 370 g/mol. The van der Waals surface area contributed by atoms with Crippen molar-refractivity contribution in [1.82, 2.24) is 0 Å². The maximum Gasteiger partial charge on any atom is 0.487 e. The summed E-state index contributed by atoms with van der Waals surface area (Å²) >= 11 is 0. The number of rotatable bonds is 3. The average Bonchev–Trinajstić information content (AvgIpc) is 2.62. The van der Waals surface area contributed by atoms with Crippen LogP contribution in [0, 0.1) is 0 Å². The molecule has 0 bridgehead atoms. The minimum atomic E-state index is -4.49. The molecule has 1 fully saturated rings. The predicted octanol–water partition coefficient (Wildman–Crippen LogP) is 5.51. The standard InChI is InChI=1S/C18H26BF3O2Si/c1-16(2)17(3,4)24-19(23-16)15(25(5,6)7)14(18(20,21)22)13-11-9-8-10-12-13/h8-12H,1-7H3/b15-14+. The van der Waals surface area contributed by atoms with Gasteiger partial charge in [-0.05, 0) is 38.4 Å². The molecule has 0 spiro atoms. The summed E-state index contributed by atoms with van der Waals surface area (Å²) in [7, 11) is -3.41. The fourth-order valence-corrected chi connectivity index (χ4v) is 4.75. The molecule has 2 rings (SSSR count). The van der Waals surface area contributed by atoms with E-state index < -0.39 is 38.1 Å². The highest BCUT2D eigenvalue weighted by molar-refractivity contribution is 6.96. The highest BCUT2D eigenvalue weighted by atomic mass is 28.3. The zero-order chi connectivity index (χ0) is 19.3. The van der Waals surface area contributed by atoms with Gasteiger partial charge in [-0.25, -0.2) is 0 Å². The van der Waals surface area contributed by atoms with Gasteiger partial charge in [-0.1, -0.05) is 50.0 Å². The van der Waals surface area contributed by atoms with E-state index >= 15 is 0 Å². The van der Waals surface area contributed by atoms with Gasteiger partial charge in [0.05, 0.1) is 24.8 Å². The van der Waals surface area contributed by atoms with Gasteiger partial charge in [0.1, 0.15) is 0 Å². The molecule has 0 aliphatic carbocycles. The first-order chi connectivity index (χ1) is 11.2. The van der Waals surface area contributed by atoms with Gasteiger partial charge in [0, 0.05) is 0 Å². The summed E-state index contributed by atoms with van der Waals surface area (Å²) in [5.74, 6) is 0. The van der Waals surface area contributed by atoms with Crippen molar-refractivity contribution >= 4 is 20.8 Å². The smallest absolute Gasteiger partial charge is 0.400 e. The maximum absolute atomic E-state index is 14.1. The fraction of sp³-hybridized carbons (Fsp3) is 0.556. The fourth-order valence-electron chi connectivity index (χ4n) is 2.88. The Bertz CT molecular complexity index is 645. The number of hydrogen-bond acceptors (Lipinski definition) is 2. The zero-order valence-corrected chi connectivity index (χ0v) is 16.9. The normalized spacial score (nSPS) is 21.3. The van der Waals surface area contributed by atoms with E-state index in [1.807, 2.05) is 47.3 Å². The van der Waals surface area contributed by atoms with Gasteiger partial charge in [0.25, 0.3) is 0 Å². The number of allylic oxidation sites excluding steroid dienone is 1. The first-order valence-corrected chi connectivity index (χ1v) is 11.9. The van der Waals surface area contributed by atoms with Crippen LogP contribution in [0.2, 0.25) is 19.6 Å². The zero-order valence-electron chi connectivity index (χ0n) is 15.9. The van der Waals surface area contributed by atoms with Crippen LogP contribution in [0.3, 0.4) is 0 Å². The van der Waals surface area contributed by atoms with Crippen molar-refractivity contribution in [2.75, 3.05) is 0 Å². The Labute approximate surface area is 149 Å². The van der Waals surface area contributed by atoms with Gasteiger partial charge in [0.2, 0.25) is 0 Å². The van der Waals surface area contributed by atoms with Crippen LogP contribution in [0.15, 0.2) is 35.4 Å². The van der Waals surface area contributed by atoms with Crippen LogP contribution in [0.5, 0.6) is 0 Å². The van der Waals surface area contributed by atoms with Crippen molar-refractivity contribution in [2.45, 2.75) is 64.7 Å². The van der Waals surface area contributed by atoms with Gasteiger partial charge in [0.15, 0.2) is 0 Å². The van der Waals surface area contributed by atoms with Crippen molar-refractivity contribution in [2.24, 2.45) is 0 Å². The largest absolute Gasteiger partial charge is 0.487 e. The summed E-state index contributed by atoms with van der Waals surface area (Å²) < 4.78 is 54.2. The van der Waals surface area contributed by atoms with E-state index in [2.05, 4.69) is 0 Å². The van der Waals surface area contributed by atoms with Crippen LogP contribution in [0.4, 0.5) is 13.2 Å². The first kappa shape index (κ1) is 20.3. The highest BCUT2D eigenvalue weighted by Crippen LogP contribution is 2.45. The molecule has 7 heteroatoms. The molecular weight excluding hydrogens is 344 g/mol. The second-order valence-corrected chi connectivity index (χ2v) is 13.5. The van der Waals surface area contributed by atoms with Crippen molar-refractivity contribution < 1.29 is 22.5 Å². The molecule has 0 unspecified atom stereocenters. The SMILES string of the molecule is CC1(C)OB(/C(=C(/c2ccccc2)C(F)(F)F)[Si](C)(C)C)OC1(C)C. The molecule has 0 radical (unpaired) electrons. The molecule has 1 aromatic rings. The Morgan fingerprint density at radius 1 is 0.920 bits per heavy atom. The third kappa shape index (κ3) is 4.04. The summed E-state index contributed by atoms with van der Waals surface area (Å²) in [5.41, 5.74) is -1.83. The molecule has 1 saturated heterocycles. The number of halogens is 3. The number of hydrogen-bond donors (Lipinski definition) is 0. The summed E-state index contributed by atoms with van der Waals surface area (Å²) in [6.07, 6.45) is -4.49. The van der Waals surface area contributed by atoms with Crippen LogP contribution < -0.4 is 0 Å². The van der Waals surface area contributed by atoms with E-state index in [0.717, 1.165) is 0 Å². The predicted molar refractivity (Wildman–Crippen MR) is 98.8 cm³/mol. The van der Waals surface area contributed by atoms with Crippen LogP contribution in [-0.2, 0) is 9.31 Å². The Morgan fingerprint density at radius 2 is 1.36 bits per heavy atom. The molecule has 138 valence electrons. The van der Waals surface area contributed by atoms with E-state index in [1.54, 1.807) is 18.2 Å². The molecule has 1 aliphatic rings. The second-order valence-electron chi connectivity index (χ2n) is 8.49. The van der Waals surface area contributed by atoms with Crippen molar-refractivity contribution in [3.8, 4) is 0 Å². The molecule has 1 aliphatic heterocycles. The van der Waals surface area contributed by atoms with Gasteiger partial charge in [-0.15, -0.1) is 0 Å². The summed E-state index contributed by atoms with van der Waals surface area (Å²) in [6, 6.07) is 7.93. The lowest BCUT2D eigenvalue weighted by atomic mass is 9.83. The van der Waals surface area contributed by atoms with E-state index in [4.69, 9.17) is 9.31 Å². The Hall–Kier alpha value is -1.05. The van der Waals surface area contributed by atoms with Crippen molar-refractivity contribution in [1.29, 1.82) is 0 Å². The third-order valence-corrected chi connectivity index (χ3v) is 7.01. The lowest BCUT2D eigenvalue weighted by Gasteiger charge is -2.32. The molecule has 1 heterocycles. The molecule has 0 N–H and O–H groups in total. The summed E-state index contributed by atoms with van der Waals surface area (Å²) in [6.45, 7) is 13.1. The third-order valence-electron chi connectivity index (χ3n) is 4.91. The lowest BCUT2D eigenvalue weighted by Crippen LogP contribution is -2.41. The Balaban J connectivity index is 2.72. The van der Waals surface area contributed by atoms with Gasteiger partial charge in [-0.2, -0.15) is 13.2 Å². The van der Waals surface area contributed by atoms with Gasteiger partial charge < -0.3 is 9.31 Å². The molecule has 0 atom stereocenters. The highest BCUT2D eigenvalue weighted by Gasteiger charge is 2.56. The molecule has 25 heavy (non-hydrogen) atoms. The van der Waals surface area contributed by atoms with Crippen molar-refractivity contribution in [3.05, 3.63) is 41.0 Å². The maximum atomic E-state index is 14.1. The Kier molecular flexibility index (Phi) is 5.09. The summed E-state index contributed by atoms with van der Waals surface area (Å²) in [5, 5.41) is 0.254. The molecule has 0 aromatic heterocycles. The monoisotopic (exact) mass is 370 g/mol. The van der Waals surface area contributed by atoms with E-state index in [-0.39, 0.29) is 10.7 Å². The second kappa shape index (κ2) is 6.28. The minimum Gasteiger partial charge on any atom is -0.400 e. The number of benzene rings is 1. The molecule has 0 amide bonds. The van der Waals surface area contributed by atoms with Crippen molar-refractivity contribution in [3.63, 3.8) is 0 Å². The Morgan fingerprint density at radius 3 is 1.72 bits per heavy atom. The van der Waals surface area contributed by atoms with E-state index in [0.29, 0.717) is 0 Å². The van der Waals surface area contributed by atoms with Crippen LogP contribution in [0.1, 0.15) is 33.3 Å². The summed E-state index contributed by atoms with van der Waals surface area (Å²) in [4.78, 5) is 0. The number of alkyl halides is 3. The van der Waals surface area contributed by atoms with Crippen LogP contribution in [0.25, 0.3) is 5.57 Å². The quantitative estimate of drug-likeness (QED) is 0.653. The van der Waals surface area contributed by atoms with Crippen LogP contribution in [-0.4, -0.2) is 32.6 Å². The lowest BCUT2D eigenvalue weighted by molar-refractivity contribution is -0.0691. The minimum absolute atomic E-state index is 0.155. The molecule has 1 aromatic carbocycles. The van der Waals surface area contributed by atoms with Gasteiger partial charge in [-0.3, -0.25) is 0 Å².